The molecule has 16 heavy (non-hydrogen) atoms. The van der Waals surface area contributed by atoms with Gasteiger partial charge in [-0.25, -0.2) is 0 Å². The van der Waals surface area contributed by atoms with Crippen molar-refractivity contribution in [1.29, 1.82) is 0 Å². The molecule has 0 aliphatic carbocycles. The first-order valence-electron chi connectivity index (χ1n) is 5.71. The zero-order valence-corrected chi connectivity index (χ0v) is 9.77. The third-order valence-electron chi connectivity index (χ3n) is 2.75. The highest BCUT2D eigenvalue weighted by Crippen LogP contribution is 2.19. The van der Waals surface area contributed by atoms with Crippen LogP contribution in [0.15, 0.2) is 35.4 Å². The second-order valence-corrected chi connectivity index (χ2v) is 3.67. The quantitative estimate of drug-likeness (QED) is 0.821. The number of likely N-dealkylation sites (N-methyl/N-ethyl adjacent to an activating group) is 1. The number of amidine groups is 1. The van der Waals surface area contributed by atoms with Crippen molar-refractivity contribution in [1.82, 2.24) is 4.90 Å². The summed E-state index contributed by atoms with van der Waals surface area (Å²) in [6.07, 6.45) is 4.16. The molecule has 1 aromatic carbocycles. The van der Waals surface area contributed by atoms with Gasteiger partial charge in [-0.15, -0.1) is 0 Å². The van der Waals surface area contributed by atoms with Crippen LogP contribution in [0, 0.1) is 0 Å². The summed E-state index contributed by atoms with van der Waals surface area (Å²) in [6, 6.07) is 8.17. The van der Waals surface area contributed by atoms with E-state index in [-0.39, 0.29) is 0 Å². The van der Waals surface area contributed by atoms with Crippen LogP contribution in [0.5, 0.6) is 0 Å². The van der Waals surface area contributed by atoms with Crippen LogP contribution >= 0.6 is 0 Å². The zero-order valence-electron chi connectivity index (χ0n) is 9.77. The standard InChI is InChI=1S/C13H17N3/c1-3-16(4-2)13-10-9-11-7-5-6-8-12(11)14-15-13/h5-10,14H,3-4H2,1-2H3. The van der Waals surface area contributed by atoms with Crippen LogP contribution in [0.1, 0.15) is 19.4 Å². The molecule has 0 unspecified atom stereocenters. The Morgan fingerprint density at radius 1 is 1.12 bits per heavy atom. The zero-order chi connectivity index (χ0) is 11.4. The molecule has 0 amide bonds. The summed E-state index contributed by atoms with van der Waals surface area (Å²) in [5.41, 5.74) is 5.34. The van der Waals surface area contributed by atoms with Crippen LogP contribution in [0.3, 0.4) is 0 Å². The van der Waals surface area contributed by atoms with Crippen LogP contribution in [0.4, 0.5) is 5.69 Å². The molecule has 1 aromatic rings. The first kappa shape index (κ1) is 10.7. The van der Waals surface area contributed by atoms with Gasteiger partial charge in [0.15, 0.2) is 0 Å². The van der Waals surface area contributed by atoms with Crippen LogP contribution in [0.2, 0.25) is 0 Å². The third kappa shape index (κ3) is 2.08. The fourth-order valence-corrected chi connectivity index (χ4v) is 1.79. The molecule has 0 saturated carbocycles. The Morgan fingerprint density at radius 3 is 2.62 bits per heavy atom. The fourth-order valence-electron chi connectivity index (χ4n) is 1.79. The van der Waals surface area contributed by atoms with Gasteiger partial charge < -0.3 is 4.90 Å². The van der Waals surface area contributed by atoms with Crippen molar-refractivity contribution < 1.29 is 0 Å². The van der Waals surface area contributed by atoms with E-state index in [0.29, 0.717) is 0 Å². The van der Waals surface area contributed by atoms with E-state index in [4.69, 9.17) is 0 Å². The molecular formula is C13H17N3. The number of hydrogen-bond donors (Lipinski definition) is 1. The number of hydrogen-bond acceptors (Lipinski definition) is 3. The van der Waals surface area contributed by atoms with Gasteiger partial charge in [-0.1, -0.05) is 18.2 Å². The predicted octanol–water partition coefficient (Wildman–Crippen LogP) is 2.78. The van der Waals surface area contributed by atoms with E-state index in [1.807, 2.05) is 18.2 Å². The second-order valence-electron chi connectivity index (χ2n) is 3.67. The molecule has 1 aliphatic rings. The van der Waals surface area contributed by atoms with Gasteiger partial charge in [0.05, 0.1) is 5.69 Å². The number of para-hydroxylation sites is 1. The van der Waals surface area contributed by atoms with Crippen molar-refractivity contribution in [2.24, 2.45) is 5.10 Å². The minimum Gasteiger partial charge on any atom is -0.356 e. The molecule has 1 N–H and O–H groups in total. The number of nitrogens with zero attached hydrogens (tertiary/aromatic N) is 2. The fraction of sp³-hybridized carbons (Fsp3) is 0.308. The Hall–Kier alpha value is -1.77. The molecule has 0 radical (unpaired) electrons. The van der Waals surface area contributed by atoms with E-state index in [1.165, 1.54) is 5.56 Å². The lowest BCUT2D eigenvalue weighted by atomic mass is 10.1. The maximum atomic E-state index is 4.41. The summed E-state index contributed by atoms with van der Waals surface area (Å²) in [4.78, 5) is 2.22. The second kappa shape index (κ2) is 4.84. The smallest absolute Gasteiger partial charge is 0.148 e. The molecule has 0 spiro atoms. The van der Waals surface area contributed by atoms with Crippen molar-refractivity contribution in [3.05, 3.63) is 35.9 Å². The first-order valence-corrected chi connectivity index (χ1v) is 5.71. The van der Waals surface area contributed by atoms with E-state index in [9.17, 15) is 0 Å². The van der Waals surface area contributed by atoms with E-state index < -0.39 is 0 Å². The number of rotatable bonds is 2. The van der Waals surface area contributed by atoms with Gasteiger partial charge in [0.2, 0.25) is 0 Å². The molecule has 0 bridgehead atoms. The summed E-state index contributed by atoms with van der Waals surface area (Å²) in [5, 5.41) is 4.41. The molecule has 0 atom stereocenters. The maximum Gasteiger partial charge on any atom is 0.148 e. The molecular weight excluding hydrogens is 198 g/mol. The van der Waals surface area contributed by atoms with E-state index in [2.05, 4.69) is 47.5 Å². The monoisotopic (exact) mass is 215 g/mol. The molecule has 3 nitrogen and oxygen atoms in total. The minimum atomic E-state index is 0.970. The minimum absolute atomic E-state index is 0.970. The normalized spacial score (nSPS) is 13.5. The molecule has 0 fully saturated rings. The Kier molecular flexibility index (Phi) is 3.25. The summed E-state index contributed by atoms with van der Waals surface area (Å²) in [7, 11) is 0. The predicted molar refractivity (Wildman–Crippen MR) is 69.5 cm³/mol. The molecule has 2 rings (SSSR count). The Morgan fingerprint density at radius 2 is 1.88 bits per heavy atom. The van der Waals surface area contributed by atoms with Gasteiger partial charge in [-0.05, 0) is 37.6 Å². The number of anilines is 1. The van der Waals surface area contributed by atoms with Gasteiger partial charge in [-0.3, -0.25) is 5.43 Å². The van der Waals surface area contributed by atoms with E-state index in [0.717, 1.165) is 24.6 Å². The highest BCUT2D eigenvalue weighted by Gasteiger charge is 2.08. The van der Waals surface area contributed by atoms with Gasteiger partial charge in [0.25, 0.3) is 0 Å². The highest BCUT2D eigenvalue weighted by molar-refractivity contribution is 5.98. The average Bonchev–Trinajstić information content (AvgIpc) is 2.54. The van der Waals surface area contributed by atoms with Crippen molar-refractivity contribution in [2.45, 2.75) is 13.8 Å². The van der Waals surface area contributed by atoms with Crippen molar-refractivity contribution in [3.63, 3.8) is 0 Å². The molecule has 1 heterocycles. The van der Waals surface area contributed by atoms with Gasteiger partial charge in [-0.2, -0.15) is 5.10 Å². The summed E-state index contributed by atoms with van der Waals surface area (Å²) < 4.78 is 0. The molecule has 1 aliphatic heterocycles. The molecule has 3 heteroatoms. The summed E-state index contributed by atoms with van der Waals surface area (Å²) >= 11 is 0. The molecule has 0 aromatic heterocycles. The SMILES string of the molecule is CCN(CC)C1=NNc2ccccc2C=C1. The van der Waals surface area contributed by atoms with Crippen LogP contribution in [0.25, 0.3) is 6.08 Å². The van der Waals surface area contributed by atoms with E-state index >= 15 is 0 Å². The van der Waals surface area contributed by atoms with Crippen molar-refractivity contribution in [3.8, 4) is 0 Å². The largest absolute Gasteiger partial charge is 0.356 e. The topological polar surface area (TPSA) is 27.6 Å². The number of benzene rings is 1. The van der Waals surface area contributed by atoms with Gasteiger partial charge >= 0.3 is 0 Å². The average molecular weight is 215 g/mol. The van der Waals surface area contributed by atoms with Gasteiger partial charge in [0, 0.05) is 13.1 Å². The van der Waals surface area contributed by atoms with Crippen molar-refractivity contribution in [2.75, 3.05) is 18.5 Å². The summed E-state index contributed by atoms with van der Waals surface area (Å²) in [6.45, 7) is 6.21. The molecule has 0 saturated heterocycles. The van der Waals surface area contributed by atoms with Gasteiger partial charge in [0.1, 0.15) is 5.84 Å². The Labute approximate surface area is 96.5 Å². The maximum absolute atomic E-state index is 4.41. The van der Waals surface area contributed by atoms with Crippen LogP contribution in [-0.4, -0.2) is 23.8 Å². The Bertz CT molecular complexity index is 417. The third-order valence-corrected chi connectivity index (χ3v) is 2.75. The number of fused-ring (bicyclic) bond motifs is 1. The lowest BCUT2D eigenvalue weighted by Crippen LogP contribution is -2.29. The Balaban J connectivity index is 2.27. The van der Waals surface area contributed by atoms with Crippen molar-refractivity contribution >= 4 is 17.6 Å². The number of nitrogens with one attached hydrogen (secondary N) is 1. The first-order chi connectivity index (χ1) is 7.85. The lowest BCUT2D eigenvalue weighted by Gasteiger charge is -2.19. The van der Waals surface area contributed by atoms with Crippen LogP contribution in [-0.2, 0) is 0 Å². The summed E-state index contributed by atoms with van der Waals surface area (Å²) in [5.74, 6) is 0.987. The molecule has 84 valence electrons. The lowest BCUT2D eigenvalue weighted by molar-refractivity contribution is 0.467. The number of hydrazone groups is 1. The highest BCUT2D eigenvalue weighted by atomic mass is 15.3. The van der Waals surface area contributed by atoms with Crippen LogP contribution < -0.4 is 5.43 Å². The van der Waals surface area contributed by atoms with E-state index in [1.54, 1.807) is 0 Å².